The fourth-order valence-electron chi connectivity index (χ4n) is 2.75. The van der Waals surface area contributed by atoms with Gasteiger partial charge in [0, 0.05) is 25.0 Å². The van der Waals surface area contributed by atoms with Crippen LogP contribution in [0.5, 0.6) is 0 Å². The molecule has 1 saturated carbocycles. The normalized spacial score (nSPS) is 22.8. The van der Waals surface area contributed by atoms with Crippen LogP contribution in [0.2, 0.25) is 0 Å². The zero-order valence-electron chi connectivity index (χ0n) is 11.8. The first-order valence-corrected chi connectivity index (χ1v) is 7.19. The number of anilines is 1. The summed E-state index contributed by atoms with van der Waals surface area (Å²) in [6, 6.07) is 2.16. The fraction of sp³-hybridized carbons (Fsp3) is 0.600. The van der Waals surface area contributed by atoms with Crippen LogP contribution in [0.4, 0.5) is 5.69 Å². The van der Waals surface area contributed by atoms with E-state index in [0.29, 0.717) is 17.5 Å². The van der Waals surface area contributed by atoms with Gasteiger partial charge in [0.2, 0.25) is 0 Å². The van der Waals surface area contributed by atoms with Gasteiger partial charge in [0.1, 0.15) is 0 Å². The van der Waals surface area contributed by atoms with E-state index in [2.05, 4.69) is 22.5 Å². The smallest absolute Gasteiger partial charge is 0.255 e. The molecule has 0 saturated heterocycles. The predicted octanol–water partition coefficient (Wildman–Crippen LogP) is 2.82. The lowest BCUT2D eigenvalue weighted by Crippen LogP contribution is -2.38. The molecule has 0 spiro atoms. The van der Waals surface area contributed by atoms with Crippen LogP contribution in [0.15, 0.2) is 18.5 Å². The predicted molar refractivity (Wildman–Crippen MR) is 77.3 cm³/mol. The number of carbonyl (C=O) groups is 1. The summed E-state index contributed by atoms with van der Waals surface area (Å²) < 4.78 is 0. The van der Waals surface area contributed by atoms with E-state index in [1.54, 1.807) is 12.4 Å². The van der Waals surface area contributed by atoms with Crippen molar-refractivity contribution in [3.8, 4) is 0 Å². The van der Waals surface area contributed by atoms with Crippen LogP contribution in [-0.2, 0) is 0 Å². The number of hydrogen-bond acceptors (Lipinski definition) is 3. The molecule has 4 heteroatoms. The number of nitrogens with one attached hydrogen (secondary N) is 2. The molecule has 1 aliphatic carbocycles. The SMILES string of the molecule is CCNc1ccncc1C(=O)NC1CCCC(C)C1. The summed E-state index contributed by atoms with van der Waals surface area (Å²) in [7, 11) is 0. The Labute approximate surface area is 115 Å². The van der Waals surface area contributed by atoms with Crippen LogP contribution in [0, 0.1) is 5.92 Å². The van der Waals surface area contributed by atoms with E-state index in [9.17, 15) is 4.79 Å². The molecule has 1 aromatic heterocycles. The molecule has 1 heterocycles. The van der Waals surface area contributed by atoms with Crippen molar-refractivity contribution in [3.63, 3.8) is 0 Å². The second-order valence-corrected chi connectivity index (χ2v) is 5.39. The highest BCUT2D eigenvalue weighted by atomic mass is 16.1. The summed E-state index contributed by atoms with van der Waals surface area (Å²) in [6.45, 7) is 5.07. The number of hydrogen-bond donors (Lipinski definition) is 2. The van der Waals surface area contributed by atoms with Crippen molar-refractivity contribution in [2.75, 3.05) is 11.9 Å². The van der Waals surface area contributed by atoms with Crippen LogP contribution >= 0.6 is 0 Å². The van der Waals surface area contributed by atoms with Gasteiger partial charge in [-0.05, 0) is 31.7 Å². The average molecular weight is 261 g/mol. The van der Waals surface area contributed by atoms with Crippen molar-refractivity contribution in [2.24, 2.45) is 5.92 Å². The molecule has 1 aliphatic rings. The first-order valence-electron chi connectivity index (χ1n) is 7.19. The van der Waals surface area contributed by atoms with Gasteiger partial charge in [-0.25, -0.2) is 0 Å². The minimum absolute atomic E-state index is 0.0110. The number of aromatic nitrogens is 1. The van der Waals surface area contributed by atoms with Crippen LogP contribution < -0.4 is 10.6 Å². The van der Waals surface area contributed by atoms with E-state index in [0.717, 1.165) is 25.1 Å². The molecule has 2 rings (SSSR count). The van der Waals surface area contributed by atoms with Gasteiger partial charge < -0.3 is 10.6 Å². The van der Waals surface area contributed by atoms with Crippen molar-refractivity contribution in [2.45, 2.75) is 45.6 Å². The lowest BCUT2D eigenvalue weighted by atomic mass is 9.87. The molecule has 104 valence electrons. The van der Waals surface area contributed by atoms with Crippen LogP contribution in [0.25, 0.3) is 0 Å². The standard InChI is InChI=1S/C15H23N3O/c1-3-17-14-7-8-16-10-13(14)15(19)18-12-6-4-5-11(2)9-12/h7-8,10-12H,3-6,9H2,1-2H3,(H,16,17)(H,18,19). The Hall–Kier alpha value is -1.58. The molecule has 0 bridgehead atoms. The molecule has 0 radical (unpaired) electrons. The number of amides is 1. The molecular formula is C15H23N3O. The molecule has 19 heavy (non-hydrogen) atoms. The number of nitrogens with zero attached hydrogens (tertiary/aromatic N) is 1. The van der Waals surface area contributed by atoms with E-state index in [4.69, 9.17) is 0 Å². The van der Waals surface area contributed by atoms with Crippen molar-refractivity contribution in [3.05, 3.63) is 24.0 Å². The Morgan fingerprint density at radius 3 is 3.05 bits per heavy atom. The average Bonchev–Trinajstić information content (AvgIpc) is 2.39. The number of rotatable bonds is 4. The van der Waals surface area contributed by atoms with Crippen molar-refractivity contribution in [1.82, 2.24) is 10.3 Å². The lowest BCUT2D eigenvalue weighted by molar-refractivity contribution is 0.0922. The first kappa shape index (κ1) is 13.8. The Bertz CT molecular complexity index is 433. The monoisotopic (exact) mass is 261 g/mol. The highest BCUT2D eigenvalue weighted by molar-refractivity contribution is 5.99. The number of pyridine rings is 1. The molecular weight excluding hydrogens is 238 g/mol. The lowest BCUT2D eigenvalue weighted by Gasteiger charge is -2.27. The maximum absolute atomic E-state index is 12.3. The van der Waals surface area contributed by atoms with E-state index in [1.165, 1.54) is 12.8 Å². The third kappa shape index (κ3) is 3.69. The number of carbonyl (C=O) groups excluding carboxylic acids is 1. The van der Waals surface area contributed by atoms with Crippen molar-refractivity contribution < 1.29 is 4.79 Å². The van der Waals surface area contributed by atoms with Crippen LogP contribution in [-0.4, -0.2) is 23.5 Å². The van der Waals surface area contributed by atoms with E-state index in [1.807, 2.05) is 13.0 Å². The highest BCUT2D eigenvalue weighted by Crippen LogP contribution is 2.24. The van der Waals surface area contributed by atoms with E-state index >= 15 is 0 Å². The maximum atomic E-state index is 12.3. The Morgan fingerprint density at radius 2 is 2.32 bits per heavy atom. The molecule has 2 N–H and O–H groups in total. The third-order valence-electron chi connectivity index (χ3n) is 3.70. The van der Waals surface area contributed by atoms with Gasteiger partial charge in [-0.15, -0.1) is 0 Å². The van der Waals surface area contributed by atoms with Crippen LogP contribution in [0.1, 0.15) is 49.9 Å². The minimum Gasteiger partial charge on any atom is -0.385 e. The minimum atomic E-state index is -0.0110. The summed E-state index contributed by atoms with van der Waals surface area (Å²) in [5, 5.41) is 6.35. The molecule has 0 aromatic carbocycles. The van der Waals surface area contributed by atoms with E-state index < -0.39 is 0 Å². The second-order valence-electron chi connectivity index (χ2n) is 5.39. The fourth-order valence-corrected chi connectivity index (χ4v) is 2.75. The maximum Gasteiger partial charge on any atom is 0.255 e. The molecule has 1 fully saturated rings. The third-order valence-corrected chi connectivity index (χ3v) is 3.70. The molecule has 2 atom stereocenters. The quantitative estimate of drug-likeness (QED) is 0.876. The van der Waals surface area contributed by atoms with Gasteiger partial charge >= 0.3 is 0 Å². The van der Waals surface area contributed by atoms with Crippen molar-refractivity contribution >= 4 is 11.6 Å². The van der Waals surface area contributed by atoms with E-state index in [-0.39, 0.29) is 5.91 Å². The highest BCUT2D eigenvalue weighted by Gasteiger charge is 2.21. The van der Waals surface area contributed by atoms with Gasteiger partial charge in [0.15, 0.2) is 0 Å². The Kier molecular flexibility index (Phi) is 4.77. The van der Waals surface area contributed by atoms with Gasteiger partial charge in [-0.3, -0.25) is 9.78 Å². The summed E-state index contributed by atoms with van der Waals surface area (Å²) >= 11 is 0. The topological polar surface area (TPSA) is 54.0 Å². The molecule has 0 aliphatic heterocycles. The second kappa shape index (κ2) is 6.55. The first-order chi connectivity index (χ1) is 9.20. The summed E-state index contributed by atoms with van der Waals surface area (Å²) in [6.07, 6.45) is 8.01. The molecule has 4 nitrogen and oxygen atoms in total. The van der Waals surface area contributed by atoms with Gasteiger partial charge in [-0.1, -0.05) is 19.8 Å². The summed E-state index contributed by atoms with van der Waals surface area (Å²) in [4.78, 5) is 16.4. The Balaban J connectivity index is 2.03. The van der Waals surface area contributed by atoms with Gasteiger partial charge in [-0.2, -0.15) is 0 Å². The molecule has 1 aromatic rings. The summed E-state index contributed by atoms with van der Waals surface area (Å²) in [5.74, 6) is 0.698. The largest absolute Gasteiger partial charge is 0.385 e. The molecule has 1 amide bonds. The van der Waals surface area contributed by atoms with Crippen LogP contribution in [0.3, 0.4) is 0 Å². The Morgan fingerprint density at radius 1 is 1.47 bits per heavy atom. The molecule has 2 unspecified atom stereocenters. The zero-order valence-corrected chi connectivity index (χ0v) is 11.8. The zero-order chi connectivity index (χ0) is 13.7. The van der Waals surface area contributed by atoms with Gasteiger partial charge in [0.05, 0.1) is 11.3 Å². The summed E-state index contributed by atoms with van der Waals surface area (Å²) in [5.41, 5.74) is 1.50. The van der Waals surface area contributed by atoms with Crippen molar-refractivity contribution in [1.29, 1.82) is 0 Å². The van der Waals surface area contributed by atoms with Gasteiger partial charge in [0.25, 0.3) is 5.91 Å².